The lowest BCUT2D eigenvalue weighted by atomic mass is 10.5. The number of aromatic nitrogens is 5. The van der Waals surface area contributed by atoms with E-state index in [1.807, 2.05) is 10.8 Å². The Morgan fingerprint density at radius 3 is 3.07 bits per heavy atom. The Bertz CT molecular complexity index is 556. The number of hydrogen-bond acceptors (Lipinski definition) is 5. The molecule has 0 aliphatic heterocycles. The second kappa shape index (κ2) is 2.85. The summed E-state index contributed by atoms with van der Waals surface area (Å²) in [5.41, 5.74) is 2.58. The molecule has 0 spiro atoms. The maximum absolute atomic E-state index is 4.22. The van der Waals surface area contributed by atoms with Gasteiger partial charge in [0.25, 0.3) is 0 Å². The average Bonchev–Trinajstić information content (AvgIpc) is 2.88. The maximum atomic E-state index is 4.22. The van der Waals surface area contributed by atoms with Gasteiger partial charge in [-0.05, 0) is 0 Å². The van der Waals surface area contributed by atoms with Crippen LogP contribution in [-0.2, 0) is 0 Å². The van der Waals surface area contributed by atoms with Crippen molar-refractivity contribution in [1.29, 1.82) is 0 Å². The van der Waals surface area contributed by atoms with Crippen molar-refractivity contribution in [3.8, 4) is 5.82 Å². The number of thiazole rings is 1. The molecular formula is C8H5N5S. The maximum Gasteiger partial charge on any atom is 0.168 e. The minimum Gasteiger partial charge on any atom is -0.289 e. The SMILES string of the molecule is c1cn(-c2ncnc3scnc23)cn1. The molecule has 0 amide bonds. The molecule has 0 unspecified atom stereocenters. The van der Waals surface area contributed by atoms with Crippen molar-refractivity contribution in [2.24, 2.45) is 0 Å². The molecule has 0 saturated heterocycles. The number of nitrogens with zero attached hydrogens (tertiary/aromatic N) is 5. The molecule has 0 saturated carbocycles. The first kappa shape index (κ1) is 7.57. The molecule has 0 bridgehead atoms. The van der Waals surface area contributed by atoms with Crippen LogP contribution in [-0.4, -0.2) is 24.5 Å². The summed E-state index contributed by atoms with van der Waals surface area (Å²) in [6.45, 7) is 0. The fraction of sp³-hybridized carbons (Fsp3) is 0. The number of fused-ring (bicyclic) bond motifs is 1. The summed E-state index contributed by atoms with van der Waals surface area (Å²) >= 11 is 1.50. The van der Waals surface area contributed by atoms with Crippen LogP contribution >= 0.6 is 11.3 Å². The number of rotatable bonds is 1. The smallest absolute Gasteiger partial charge is 0.168 e. The molecule has 3 aromatic heterocycles. The van der Waals surface area contributed by atoms with E-state index in [4.69, 9.17) is 0 Å². The summed E-state index contributed by atoms with van der Waals surface area (Å²) < 4.78 is 1.82. The third-order valence-corrected chi connectivity index (χ3v) is 2.60. The summed E-state index contributed by atoms with van der Waals surface area (Å²) in [5.74, 6) is 0.772. The van der Waals surface area contributed by atoms with Crippen molar-refractivity contribution in [2.45, 2.75) is 0 Å². The van der Waals surface area contributed by atoms with Crippen LogP contribution in [0.5, 0.6) is 0 Å². The van der Waals surface area contributed by atoms with Crippen LogP contribution < -0.4 is 0 Å². The van der Waals surface area contributed by atoms with Crippen LogP contribution in [0, 0.1) is 0 Å². The van der Waals surface area contributed by atoms with E-state index in [1.165, 1.54) is 17.7 Å². The molecule has 0 aliphatic carbocycles. The minimum atomic E-state index is 0.772. The Balaban J connectivity index is 2.36. The van der Waals surface area contributed by atoms with Crippen LogP contribution in [0.25, 0.3) is 16.2 Å². The highest BCUT2D eigenvalue weighted by Crippen LogP contribution is 2.19. The second-order valence-electron chi connectivity index (χ2n) is 2.67. The van der Waals surface area contributed by atoms with Gasteiger partial charge in [0, 0.05) is 12.4 Å². The Hall–Kier alpha value is -1.82. The Morgan fingerprint density at radius 2 is 2.21 bits per heavy atom. The van der Waals surface area contributed by atoms with E-state index in [2.05, 4.69) is 19.9 Å². The van der Waals surface area contributed by atoms with Crippen molar-refractivity contribution in [3.63, 3.8) is 0 Å². The van der Waals surface area contributed by atoms with Gasteiger partial charge in [0.2, 0.25) is 0 Å². The van der Waals surface area contributed by atoms with E-state index in [-0.39, 0.29) is 0 Å². The fourth-order valence-corrected chi connectivity index (χ4v) is 1.88. The van der Waals surface area contributed by atoms with Gasteiger partial charge >= 0.3 is 0 Å². The monoisotopic (exact) mass is 203 g/mol. The van der Waals surface area contributed by atoms with Gasteiger partial charge in [-0.1, -0.05) is 0 Å². The summed E-state index contributed by atoms with van der Waals surface area (Å²) in [6.07, 6.45) is 6.78. The molecule has 0 aliphatic rings. The summed E-state index contributed by atoms with van der Waals surface area (Å²) in [5, 5.41) is 0. The number of imidazole rings is 1. The molecule has 3 rings (SSSR count). The van der Waals surface area contributed by atoms with Crippen molar-refractivity contribution in [1.82, 2.24) is 24.5 Å². The molecule has 3 aromatic rings. The van der Waals surface area contributed by atoms with Gasteiger partial charge in [0.1, 0.15) is 23.0 Å². The van der Waals surface area contributed by atoms with Crippen molar-refractivity contribution in [3.05, 3.63) is 30.6 Å². The quantitative estimate of drug-likeness (QED) is 0.597. The fourth-order valence-electron chi connectivity index (χ4n) is 1.26. The topological polar surface area (TPSA) is 56.5 Å². The molecule has 0 N–H and O–H groups in total. The van der Waals surface area contributed by atoms with Crippen LogP contribution in [0.1, 0.15) is 0 Å². The van der Waals surface area contributed by atoms with Crippen LogP contribution in [0.2, 0.25) is 0 Å². The number of hydrogen-bond donors (Lipinski definition) is 0. The van der Waals surface area contributed by atoms with E-state index in [0.29, 0.717) is 0 Å². The molecule has 0 atom stereocenters. The first-order valence-electron chi connectivity index (χ1n) is 3.97. The van der Waals surface area contributed by atoms with Crippen molar-refractivity contribution < 1.29 is 0 Å². The van der Waals surface area contributed by atoms with E-state index in [9.17, 15) is 0 Å². The van der Waals surface area contributed by atoms with E-state index >= 15 is 0 Å². The minimum absolute atomic E-state index is 0.772. The predicted molar refractivity (Wildman–Crippen MR) is 52.3 cm³/mol. The van der Waals surface area contributed by atoms with Gasteiger partial charge in [-0.3, -0.25) is 4.57 Å². The van der Waals surface area contributed by atoms with Gasteiger partial charge < -0.3 is 0 Å². The molecule has 0 radical (unpaired) electrons. The van der Waals surface area contributed by atoms with E-state index in [1.54, 1.807) is 18.0 Å². The Kier molecular flexibility index (Phi) is 1.54. The lowest BCUT2D eigenvalue weighted by Gasteiger charge is -1.99. The van der Waals surface area contributed by atoms with Gasteiger partial charge in [-0.2, -0.15) is 0 Å². The second-order valence-corrected chi connectivity index (χ2v) is 3.51. The third kappa shape index (κ3) is 1.01. The molecular weight excluding hydrogens is 198 g/mol. The van der Waals surface area contributed by atoms with E-state index < -0.39 is 0 Å². The predicted octanol–water partition coefficient (Wildman–Crippen LogP) is 1.27. The molecule has 14 heavy (non-hydrogen) atoms. The molecule has 0 aromatic carbocycles. The molecule has 68 valence electrons. The first-order chi connectivity index (χ1) is 6.95. The zero-order valence-electron chi connectivity index (χ0n) is 7.03. The lowest BCUT2D eigenvalue weighted by molar-refractivity contribution is 0.988. The average molecular weight is 203 g/mol. The normalized spacial score (nSPS) is 10.9. The van der Waals surface area contributed by atoms with Gasteiger partial charge in [-0.25, -0.2) is 19.9 Å². The zero-order valence-corrected chi connectivity index (χ0v) is 7.85. The first-order valence-corrected chi connectivity index (χ1v) is 4.85. The highest BCUT2D eigenvalue weighted by Gasteiger charge is 2.06. The molecule has 3 heterocycles. The third-order valence-electron chi connectivity index (χ3n) is 1.86. The Morgan fingerprint density at radius 1 is 1.21 bits per heavy atom. The summed E-state index contributed by atoms with van der Waals surface area (Å²) in [4.78, 5) is 17.4. The molecule has 0 fully saturated rings. The molecule has 6 heteroatoms. The van der Waals surface area contributed by atoms with Gasteiger partial charge in [-0.15, -0.1) is 11.3 Å². The standard InChI is InChI=1S/C8H5N5S/c1-2-13(4-9-1)7-6-8(11-3-10-7)14-5-12-6/h1-5H. The lowest BCUT2D eigenvalue weighted by Crippen LogP contribution is -1.95. The van der Waals surface area contributed by atoms with Gasteiger partial charge in [0.15, 0.2) is 5.82 Å². The summed E-state index contributed by atoms with van der Waals surface area (Å²) in [7, 11) is 0. The highest BCUT2D eigenvalue weighted by molar-refractivity contribution is 7.16. The van der Waals surface area contributed by atoms with Crippen LogP contribution in [0.15, 0.2) is 30.6 Å². The van der Waals surface area contributed by atoms with Gasteiger partial charge in [0.05, 0.1) is 5.51 Å². The highest BCUT2D eigenvalue weighted by atomic mass is 32.1. The van der Waals surface area contributed by atoms with E-state index in [0.717, 1.165) is 16.2 Å². The zero-order chi connectivity index (χ0) is 9.38. The van der Waals surface area contributed by atoms with Crippen molar-refractivity contribution >= 4 is 21.7 Å². The van der Waals surface area contributed by atoms with Crippen LogP contribution in [0.4, 0.5) is 0 Å². The van der Waals surface area contributed by atoms with Crippen LogP contribution in [0.3, 0.4) is 0 Å². The largest absolute Gasteiger partial charge is 0.289 e. The molecule has 5 nitrogen and oxygen atoms in total. The van der Waals surface area contributed by atoms with Crippen molar-refractivity contribution in [2.75, 3.05) is 0 Å². The summed E-state index contributed by atoms with van der Waals surface area (Å²) in [6, 6.07) is 0. The Labute approximate surface area is 83.1 Å².